The SMILES string of the molecule is CC(C)S(=O)(=O)C1(N)CC1. The summed E-state index contributed by atoms with van der Waals surface area (Å²) < 4.78 is 22.6. The van der Waals surface area contributed by atoms with Crippen molar-refractivity contribution in [1.82, 2.24) is 0 Å². The van der Waals surface area contributed by atoms with Gasteiger partial charge in [0.25, 0.3) is 0 Å². The molecule has 4 heteroatoms. The third kappa shape index (κ3) is 0.953. The smallest absolute Gasteiger partial charge is 0.171 e. The van der Waals surface area contributed by atoms with Gasteiger partial charge in [-0.2, -0.15) is 0 Å². The van der Waals surface area contributed by atoms with Crippen molar-refractivity contribution < 1.29 is 8.42 Å². The molecule has 10 heavy (non-hydrogen) atoms. The summed E-state index contributed by atoms with van der Waals surface area (Å²) in [5, 5.41) is -0.333. The van der Waals surface area contributed by atoms with Crippen molar-refractivity contribution in [3.05, 3.63) is 0 Å². The van der Waals surface area contributed by atoms with E-state index >= 15 is 0 Å². The van der Waals surface area contributed by atoms with Crippen molar-refractivity contribution in [2.75, 3.05) is 0 Å². The first kappa shape index (κ1) is 8.01. The van der Waals surface area contributed by atoms with Gasteiger partial charge in [-0.1, -0.05) is 0 Å². The normalized spacial score (nSPS) is 23.2. The Morgan fingerprint density at radius 2 is 1.80 bits per heavy atom. The van der Waals surface area contributed by atoms with E-state index in [0.29, 0.717) is 12.8 Å². The summed E-state index contributed by atoms with van der Waals surface area (Å²) in [6.45, 7) is 3.34. The van der Waals surface area contributed by atoms with Gasteiger partial charge in [0.1, 0.15) is 4.87 Å². The molecule has 0 bridgehead atoms. The summed E-state index contributed by atoms with van der Waals surface area (Å²) in [5.41, 5.74) is 5.54. The van der Waals surface area contributed by atoms with Crippen LogP contribution in [-0.4, -0.2) is 18.5 Å². The first-order chi connectivity index (χ1) is 4.40. The van der Waals surface area contributed by atoms with Crippen LogP contribution in [0.4, 0.5) is 0 Å². The van der Waals surface area contributed by atoms with Gasteiger partial charge in [-0.3, -0.25) is 0 Å². The second-order valence-electron chi connectivity index (χ2n) is 3.16. The van der Waals surface area contributed by atoms with Gasteiger partial charge < -0.3 is 5.73 Å². The lowest BCUT2D eigenvalue weighted by molar-refractivity contribution is 0.569. The van der Waals surface area contributed by atoms with E-state index in [0.717, 1.165) is 0 Å². The van der Waals surface area contributed by atoms with Gasteiger partial charge in [-0.15, -0.1) is 0 Å². The van der Waals surface area contributed by atoms with Crippen LogP contribution in [0.3, 0.4) is 0 Å². The first-order valence-corrected chi connectivity index (χ1v) is 4.97. The van der Waals surface area contributed by atoms with Crippen LogP contribution in [0.5, 0.6) is 0 Å². The molecule has 0 aliphatic heterocycles. The third-order valence-corrected chi connectivity index (χ3v) is 4.71. The quantitative estimate of drug-likeness (QED) is 0.635. The highest BCUT2D eigenvalue weighted by Gasteiger charge is 2.51. The van der Waals surface area contributed by atoms with Crippen molar-refractivity contribution in [3.8, 4) is 0 Å². The minimum Gasteiger partial charge on any atom is -0.313 e. The maximum absolute atomic E-state index is 11.3. The Balaban J connectivity index is 2.90. The topological polar surface area (TPSA) is 60.2 Å². The molecule has 0 amide bonds. The Morgan fingerprint density at radius 1 is 1.40 bits per heavy atom. The lowest BCUT2D eigenvalue weighted by Gasteiger charge is -2.12. The van der Waals surface area contributed by atoms with Crippen molar-refractivity contribution >= 4 is 9.84 Å². The van der Waals surface area contributed by atoms with E-state index in [1.807, 2.05) is 0 Å². The van der Waals surface area contributed by atoms with Crippen LogP contribution in [0.15, 0.2) is 0 Å². The van der Waals surface area contributed by atoms with Gasteiger partial charge in [-0.25, -0.2) is 8.42 Å². The Hall–Kier alpha value is -0.0900. The Bertz CT molecular complexity index is 226. The molecule has 3 nitrogen and oxygen atoms in total. The number of rotatable bonds is 2. The van der Waals surface area contributed by atoms with Crippen LogP contribution in [0.25, 0.3) is 0 Å². The maximum Gasteiger partial charge on any atom is 0.171 e. The zero-order chi connectivity index (χ0) is 7.99. The molecule has 0 atom stereocenters. The third-order valence-electron chi connectivity index (χ3n) is 1.93. The minimum atomic E-state index is -3.03. The molecule has 1 fully saturated rings. The van der Waals surface area contributed by atoms with E-state index in [4.69, 9.17) is 5.73 Å². The second kappa shape index (κ2) is 1.95. The predicted molar refractivity (Wildman–Crippen MR) is 40.2 cm³/mol. The number of hydrogen-bond donors (Lipinski definition) is 1. The average Bonchev–Trinajstić information content (AvgIpc) is 2.48. The molecular weight excluding hydrogens is 150 g/mol. The standard InChI is InChI=1S/C6H13NO2S/c1-5(2)10(8,9)6(7)3-4-6/h5H,3-4,7H2,1-2H3. The van der Waals surface area contributed by atoms with E-state index in [2.05, 4.69) is 0 Å². The first-order valence-electron chi connectivity index (χ1n) is 3.42. The second-order valence-corrected chi connectivity index (χ2v) is 6.00. The Kier molecular flexibility index (Phi) is 1.56. The van der Waals surface area contributed by atoms with Crippen LogP contribution in [0.1, 0.15) is 26.7 Å². The Labute approximate surface area is 61.5 Å². The van der Waals surface area contributed by atoms with E-state index in [1.165, 1.54) is 0 Å². The largest absolute Gasteiger partial charge is 0.313 e. The highest BCUT2D eigenvalue weighted by molar-refractivity contribution is 7.93. The minimum absolute atomic E-state index is 0.333. The van der Waals surface area contributed by atoms with Gasteiger partial charge in [0.15, 0.2) is 9.84 Å². The molecular formula is C6H13NO2S. The van der Waals surface area contributed by atoms with E-state index < -0.39 is 14.7 Å². The summed E-state index contributed by atoms with van der Waals surface area (Å²) in [7, 11) is -3.03. The van der Waals surface area contributed by atoms with Gasteiger partial charge in [0.2, 0.25) is 0 Å². The molecule has 0 unspecified atom stereocenters. The molecule has 1 saturated carbocycles. The van der Waals surface area contributed by atoms with E-state index in [9.17, 15) is 8.42 Å². The van der Waals surface area contributed by atoms with Crippen molar-refractivity contribution in [2.45, 2.75) is 36.8 Å². The fourth-order valence-corrected chi connectivity index (χ4v) is 2.49. The van der Waals surface area contributed by atoms with Crippen LogP contribution in [0, 0.1) is 0 Å². The summed E-state index contributed by atoms with van der Waals surface area (Å²) >= 11 is 0. The van der Waals surface area contributed by atoms with Crippen LogP contribution < -0.4 is 5.73 Å². The number of hydrogen-bond acceptors (Lipinski definition) is 3. The molecule has 0 aromatic carbocycles. The van der Waals surface area contributed by atoms with Gasteiger partial charge in [0.05, 0.1) is 5.25 Å². The van der Waals surface area contributed by atoms with Crippen molar-refractivity contribution in [3.63, 3.8) is 0 Å². The summed E-state index contributed by atoms with van der Waals surface area (Å²) in [4.78, 5) is -0.860. The molecule has 2 N–H and O–H groups in total. The summed E-state index contributed by atoms with van der Waals surface area (Å²) in [6.07, 6.45) is 1.26. The fraction of sp³-hybridized carbons (Fsp3) is 1.00. The molecule has 0 heterocycles. The average molecular weight is 163 g/mol. The number of sulfone groups is 1. The van der Waals surface area contributed by atoms with Gasteiger partial charge in [-0.05, 0) is 26.7 Å². The predicted octanol–water partition coefficient (Wildman–Crippen LogP) is 0.258. The van der Waals surface area contributed by atoms with Gasteiger partial charge >= 0.3 is 0 Å². The molecule has 0 saturated heterocycles. The lowest BCUT2D eigenvalue weighted by Crippen LogP contribution is -2.37. The molecule has 0 spiro atoms. The molecule has 1 rings (SSSR count). The van der Waals surface area contributed by atoms with E-state index in [1.54, 1.807) is 13.8 Å². The molecule has 1 aliphatic carbocycles. The zero-order valence-corrected chi connectivity index (χ0v) is 7.11. The molecule has 0 aromatic heterocycles. The highest BCUT2D eigenvalue weighted by atomic mass is 32.2. The van der Waals surface area contributed by atoms with Crippen molar-refractivity contribution in [1.29, 1.82) is 0 Å². The monoisotopic (exact) mass is 163 g/mol. The fourth-order valence-electron chi connectivity index (χ4n) is 0.877. The molecule has 0 radical (unpaired) electrons. The van der Waals surface area contributed by atoms with Crippen LogP contribution >= 0.6 is 0 Å². The summed E-state index contributed by atoms with van der Waals surface area (Å²) in [6, 6.07) is 0. The maximum atomic E-state index is 11.3. The molecule has 1 aliphatic rings. The molecule has 60 valence electrons. The van der Waals surface area contributed by atoms with Crippen LogP contribution in [0.2, 0.25) is 0 Å². The van der Waals surface area contributed by atoms with E-state index in [-0.39, 0.29) is 5.25 Å². The number of nitrogens with two attached hydrogens (primary N) is 1. The Morgan fingerprint density at radius 3 is 1.90 bits per heavy atom. The zero-order valence-electron chi connectivity index (χ0n) is 6.29. The summed E-state index contributed by atoms with van der Waals surface area (Å²) in [5.74, 6) is 0. The molecule has 0 aromatic rings. The van der Waals surface area contributed by atoms with Crippen molar-refractivity contribution in [2.24, 2.45) is 5.73 Å². The lowest BCUT2D eigenvalue weighted by atomic mass is 10.6. The highest BCUT2D eigenvalue weighted by Crippen LogP contribution is 2.39. The van der Waals surface area contributed by atoms with Gasteiger partial charge in [0, 0.05) is 0 Å². The van der Waals surface area contributed by atoms with Crippen LogP contribution in [-0.2, 0) is 9.84 Å².